The molecule has 0 saturated carbocycles. The summed E-state index contributed by atoms with van der Waals surface area (Å²) in [5.41, 5.74) is 5.96. The second-order valence-electron chi connectivity index (χ2n) is 7.01. The summed E-state index contributed by atoms with van der Waals surface area (Å²) < 4.78 is 0. The summed E-state index contributed by atoms with van der Waals surface area (Å²) >= 11 is 0. The van der Waals surface area contributed by atoms with Crippen LogP contribution < -0.4 is 0 Å². The van der Waals surface area contributed by atoms with Gasteiger partial charge >= 0.3 is 0 Å². The second kappa shape index (κ2) is 6.84. The molecule has 3 aromatic rings. The van der Waals surface area contributed by atoms with Crippen molar-refractivity contribution >= 4 is 11.9 Å². The third-order valence-corrected chi connectivity index (χ3v) is 4.08. The highest BCUT2D eigenvalue weighted by molar-refractivity contribution is 5.83. The molecule has 0 spiro atoms. The van der Waals surface area contributed by atoms with Crippen LogP contribution in [-0.2, 0) is 5.41 Å². The molecule has 0 fully saturated rings. The third-order valence-electron chi connectivity index (χ3n) is 4.08. The van der Waals surface area contributed by atoms with E-state index in [2.05, 4.69) is 87.5 Å². The Morgan fingerprint density at radius 1 is 0.667 bits per heavy atom. The van der Waals surface area contributed by atoms with Gasteiger partial charge in [-0.1, -0.05) is 93.6 Å². The smallest absolute Gasteiger partial charge is 0.0667 e. The summed E-state index contributed by atoms with van der Waals surface area (Å²) in [5.74, 6) is 0. The third kappa shape index (κ3) is 3.80. The number of nitrogens with zero attached hydrogens (tertiary/aromatic N) is 1. The topological polar surface area (TPSA) is 12.4 Å². The van der Waals surface area contributed by atoms with Crippen molar-refractivity contribution in [2.24, 2.45) is 4.99 Å². The molecular formula is C23H23N. The molecule has 0 aliphatic carbocycles. The van der Waals surface area contributed by atoms with Crippen molar-refractivity contribution in [1.29, 1.82) is 0 Å². The number of rotatable bonds is 3. The van der Waals surface area contributed by atoms with Gasteiger partial charge in [0.25, 0.3) is 0 Å². The average Bonchev–Trinajstić information content (AvgIpc) is 2.61. The number of para-hydroxylation sites is 1. The van der Waals surface area contributed by atoms with Gasteiger partial charge in [-0.15, -0.1) is 0 Å². The van der Waals surface area contributed by atoms with Crippen LogP contribution in [-0.4, -0.2) is 6.21 Å². The molecular weight excluding hydrogens is 290 g/mol. The highest BCUT2D eigenvalue weighted by Crippen LogP contribution is 2.31. The monoisotopic (exact) mass is 313 g/mol. The van der Waals surface area contributed by atoms with Gasteiger partial charge in [-0.05, 0) is 33.7 Å². The van der Waals surface area contributed by atoms with Crippen molar-refractivity contribution < 1.29 is 0 Å². The van der Waals surface area contributed by atoms with Gasteiger partial charge in [0, 0.05) is 6.21 Å². The zero-order valence-electron chi connectivity index (χ0n) is 14.5. The van der Waals surface area contributed by atoms with E-state index in [0.29, 0.717) is 0 Å². The lowest BCUT2D eigenvalue weighted by molar-refractivity contribution is 0.591. The minimum absolute atomic E-state index is 0.0884. The first-order valence-electron chi connectivity index (χ1n) is 8.33. The van der Waals surface area contributed by atoms with E-state index >= 15 is 0 Å². The van der Waals surface area contributed by atoms with Gasteiger partial charge in [-0.25, -0.2) is 0 Å². The molecule has 0 atom stereocenters. The van der Waals surface area contributed by atoms with Crippen LogP contribution in [0, 0.1) is 0 Å². The highest BCUT2D eigenvalue weighted by atomic mass is 14.7. The van der Waals surface area contributed by atoms with Gasteiger partial charge in [0.05, 0.1) is 5.69 Å². The van der Waals surface area contributed by atoms with E-state index in [1.165, 1.54) is 16.7 Å². The van der Waals surface area contributed by atoms with E-state index in [0.717, 1.165) is 11.3 Å². The van der Waals surface area contributed by atoms with Gasteiger partial charge in [-0.2, -0.15) is 0 Å². The van der Waals surface area contributed by atoms with Gasteiger partial charge in [0.2, 0.25) is 0 Å². The van der Waals surface area contributed by atoms with Crippen molar-refractivity contribution in [2.45, 2.75) is 26.2 Å². The standard InChI is InChI=1S/C23H23N/c1-23(2,3)21-11-7-8-12-22(21)24-17-18-13-15-20(16-14-18)19-9-5-4-6-10-19/h4-17H,1-3H3. The van der Waals surface area contributed by atoms with E-state index < -0.39 is 0 Å². The van der Waals surface area contributed by atoms with Crippen molar-refractivity contribution in [1.82, 2.24) is 0 Å². The Hall–Kier alpha value is -2.67. The zero-order valence-corrected chi connectivity index (χ0v) is 14.5. The predicted molar refractivity (Wildman–Crippen MR) is 104 cm³/mol. The molecule has 0 N–H and O–H groups in total. The van der Waals surface area contributed by atoms with Gasteiger partial charge in [0.15, 0.2) is 0 Å². The van der Waals surface area contributed by atoms with Gasteiger partial charge < -0.3 is 0 Å². The van der Waals surface area contributed by atoms with E-state index in [4.69, 9.17) is 4.99 Å². The predicted octanol–water partition coefficient (Wildman–Crippen LogP) is 6.40. The molecule has 3 rings (SSSR count). The summed E-state index contributed by atoms with van der Waals surface area (Å²) in [4.78, 5) is 4.72. The maximum atomic E-state index is 4.72. The van der Waals surface area contributed by atoms with Gasteiger partial charge in [0.1, 0.15) is 0 Å². The molecule has 1 nitrogen and oxygen atoms in total. The molecule has 0 unspecified atom stereocenters. The molecule has 0 radical (unpaired) electrons. The maximum absolute atomic E-state index is 4.72. The molecule has 24 heavy (non-hydrogen) atoms. The normalized spacial score (nSPS) is 11.8. The first-order valence-corrected chi connectivity index (χ1v) is 8.33. The van der Waals surface area contributed by atoms with Crippen LogP contribution in [0.25, 0.3) is 11.1 Å². The fourth-order valence-electron chi connectivity index (χ4n) is 2.76. The molecule has 120 valence electrons. The molecule has 3 aromatic carbocycles. The first-order chi connectivity index (χ1) is 11.5. The lowest BCUT2D eigenvalue weighted by Crippen LogP contribution is -2.11. The second-order valence-corrected chi connectivity index (χ2v) is 7.01. The van der Waals surface area contributed by atoms with E-state index in [9.17, 15) is 0 Å². The summed E-state index contributed by atoms with van der Waals surface area (Å²) in [5, 5.41) is 0. The van der Waals surface area contributed by atoms with Crippen molar-refractivity contribution in [3.8, 4) is 11.1 Å². The van der Waals surface area contributed by atoms with Crippen molar-refractivity contribution in [3.05, 3.63) is 90.0 Å². The van der Waals surface area contributed by atoms with Crippen LogP contribution in [0.15, 0.2) is 83.9 Å². The lowest BCUT2D eigenvalue weighted by atomic mass is 9.86. The Morgan fingerprint density at radius 3 is 1.92 bits per heavy atom. The number of aliphatic imine (C=N–C) groups is 1. The van der Waals surface area contributed by atoms with Crippen molar-refractivity contribution in [3.63, 3.8) is 0 Å². The zero-order chi connectivity index (χ0) is 17.0. The Balaban J connectivity index is 1.84. The Kier molecular flexibility index (Phi) is 4.61. The molecule has 0 aromatic heterocycles. The quantitative estimate of drug-likeness (QED) is 0.496. The Labute approximate surface area is 144 Å². The van der Waals surface area contributed by atoms with Crippen LogP contribution >= 0.6 is 0 Å². The van der Waals surface area contributed by atoms with Crippen LogP contribution in [0.4, 0.5) is 5.69 Å². The fourth-order valence-corrected chi connectivity index (χ4v) is 2.76. The largest absolute Gasteiger partial charge is 0.256 e. The molecule has 0 heterocycles. The van der Waals surface area contributed by atoms with E-state index in [1.54, 1.807) is 0 Å². The minimum Gasteiger partial charge on any atom is -0.256 e. The SMILES string of the molecule is CC(C)(C)c1ccccc1N=Cc1ccc(-c2ccccc2)cc1. The minimum atomic E-state index is 0.0884. The summed E-state index contributed by atoms with van der Waals surface area (Å²) in [6, 6.07) is 27.3. The number of benzene rings is 3. The lowest BCUT2D eigenvalue weighted by Gasteiger charge is -2.20. The molecule has 1 heteroatoms. The molecule has 0 saturated heterocycles. The van der Waals surface area contributed by atoms with Crippen LogP contribution in [0.1, 0.15) is 31.9 Å². The Morgan fingerprint density at radius 2 is 1.25 bits per heavy atom. The maximum Gasteiger partial charge on any atom is 0.0667 e. The van der Waals surface area contributed by atoms with Crippen LogP contribution in [0.2, 0.25) is 0 Å². The average molecular weight is 313 g/mol. The van der Waals surface area contributed by atoms with Gasteiger partial charge in [-0.3, -0.25) is 4.99 Å². The summed E-state index contributed by atoms with van der Waals surface area (Å²) in [6.45, 7) is 6.65. The van der Waals surface area contributed by atoms with Crippen LogP contribution in [0.5, 0.6) is 0 Å². The fraction of sp³-hybridized carbons (Fsp3) is 0.174. The molecule has 0 aliphatic heterocycles. The summed E-state index contributed by atoms with van der Waals surface area (Å²) in [6.07, 6.45) is 1.94. The summed E-state index contributed by atoms with van der Waals surface area (Å²) in [7, 11) is 0. The molecule has 0 amide bonds. The molecule has 0 bridgehead atoms. The van der Waals surface area contributed by atoms with E-state index in [-0.39, 0.29) is 5.41 Å². The van der Waals surface area contributed by atoms with Crippen LogP contribution in [0.3, 0.4) is 0 Å². The Bertz CT molecular complexity index is 822. The van der Waals surface area contributed by atoms with E-state index in [1.807, 2.05) is 18.3 Å². The number of hydrogen-bond acceptors (Lipinski definition) is 1. The molecule has 0 aliphatic rings. The number of hydrogen-bond donors (Lipinski definition) is 0. The van der Waals surface area contributed by atoms with Crippen molar-refractivity contribution in [2.75, 3.05) is 0 Å². The first kappa shape index (κ1) is 16.2. The highest BCUT2D eigenvalue weighted by Gasteiger charge is 2.16.